The van der Waals surface area contributed by atoms with E-state index in [1.165, 1.54) is 16.8 Å². The number of aromatic nitrogens is 3. The van der Waals surface area contributed by atoms with Crippen LogP contribution in [0.3, 0.4) is 0 Å². The first-order valence-electron chi connectivity index (χ1n) is 8.76. The van der Waals surface area contributed by atoms with E-state index in [0.717, 1.165) is 0 Å². The van der Waals surface area contributed by atoms with Crippen LogP contribution in [0.1, 0.15) is 26.6 Å². The summed E-state index contributed by atoms with van der Waals surface area (Å²) in [5.74, 6) is 2.31. The van der Waals surface area contributed by atoms with Crippen LogP contribution in [0.2, 0.25) is 0 Å². The molecular formula is C18H20N4O5S. The van der Waals surface area contributed by atoms with Crippen LogP contribution in [-0.4, -0.2) is 45.7 Å². The molecule has 1 aromatic heterocycles. The standard InChI is InChI=1S/C18H20N4O5S/c1-18(2,3)14(23)7-21-16(24)9-28-17-20-19-15(22(17)21)8-25-11-4-5-12-13(6-11)27-10-26-12/h4-6H,7-10H2,1-3H3. The van der Waals surface area contributed by atoms with Crippen LogP contribution in [0.4, 0.5) is 0 Å². The van der Waals surface area contributed by atoms with Crippen LogP contribution in [0.15, 0.2) is 23.4 Å². The molecule has 0 N–H and O–H groups in total. The van der Waals surface area contributed by atoms with E-state index in [4.69, 9.17) is 14.2 Å². The maximum atomic E-state index is 12.5. The maximum Gasteiger partial charge on any atom is 0.252 e. The number of fused-ring (bicyclic) bond motifs is 2. The minimum absolute atomic E-state index is 0.0367. The van der Waals surface area contributed by atoms with Gasteiger partial charge in [-0.05, 0) is 12.1 Å². The Balaban J connectivity index is 1.54. The average molecular weight is 404 g/mol. The average Bonchev–Trinajstić information content (AvgIpc) is 3.27. The summed E-state index contributed by atoms with van der Waals surface area (Å²) >= 11 is 1.29. The second kappa shape index (κ2) is 7.01. The molecule has 4 rings (SSSR count). The minimum Gasteiger partial charge on any atom is -0.485 e. The van der Waals surface area contributed by atoms with Crippen molar-refractivity contribution in [1.82, 2.24) is 14.9 Å². The number of rotatable bonds is 5. The smallest absolute Gasteiger partial charge is 0.252 e. The van der Waals surface area contributed by atoms with Gasteiger partial charge in [-0.1, -0.05) is 32.5 Å². The Morgan fingerprint density at radius 1 is 1.25 bits per heavy atom. The quantitative estimate of drug-likeness (QED) is 0.744. The molecule has 0 bridgehead atoms. The fraction of sp³-hybridized carbons (Fsp3) is 0.444. The molecule has 2 aliphatic rings. The van der Waals surface area contributed by atoms with Gasteiger partial charge in [-0.15, -0.1) is 10.2 Å². The monoisotopic (exact) mass is 404 g/mol. The van der Waals surface area contributed by atoms with E-state index in [2.05, 4.69) is 10.2 Å². The van der Waals surface area contributed by atoms with Crippen molar-refractivity contribution in [3.8, 4) is 17.2 Å². The number of thioether (sulfide) groups is 1. The van der Waals surface area contributed by atoms with Crippen molar-refractivity contribution in [3.63, 3.8) is 0 Å². The van der Waals surface area contributed by atoms with Crippen LogP contribution in [0.25, 0.3) is 0 Å². The van der Waals surface area contributed by atoms with Gasteiger partial charge >= 0.3 is 0 Å². The van der Waals surface area contributed by atoms with Crippen molar-refractivity contribution in [1.29, 1.82) is 0 Å². The summed E-state index contributed by atoms with van der Waals surface area (Å²) in [6, 6.07) is 5.27. The summed E-state index contributed by atoms with van der Waals surface area (Å²) in [5.41, 5.74) is -0.553. The number of nitrogens with zero attached hydrogens (tertiary/aromatic N) is 4. The number of ketones is 1. The van der Waals surface area contributed by atoms with Crippen molar-refractivity contribution >= 4 is 23.5 Å². The number of hydrogen-bond donors (Lipinski definition) is 0. The summed E-state index contributed by atoms with van der Waals surface area (Å²) in [5, 5.41) is 10.2. The zero-order valence-electron chi connectivity index (χ0n) is 15.8. The number of carbonyl (C=O) groups is 2. The number of amides is 1. The largest absolute Gasteiger partial charge is 0.485 e. The van der Waals surface area contributed by atoms with Crippen LogP contribution >= 0.6 is 11.8 Å². The minimum atomic E-state index is -0.553. The van der Waals surface area contributed by atoms with E-state index in [9.17, 15) is 9.59 Å². The highest BCUT2D eigenvalue weighted by atomic mass is 32.2. The summed E-state index contributed by atoms with van der Waals surface area (Å²) in [7, 11) is 0. The van der Waals surface area contributed by atoms with Gasteiger partial charge in [0.2, 0.25) is 11.9 Å². The lowest BCUT2D eigenvalue weighted by Gasteiger charge is -2.30. The third-order valence-corrected chi connectivity index (χ3v) is 5.28. The first-order valence-corrected chi connectivity index (χ1v) is 9.75. The number of hydrogen-bond acceptors (Lipinski definition) is 8. The molecule has 148 valence electrons. The van der Waals surface area contributed by atoms with Crippen molar-refractivity contribution in [2.75, 3.05) is 24.1 Å². The maximum absolute atomic E-state index is 12.5. The normalized spacial score (nSPS) is 15.5. The number of ether oxygens (including phenoxy) is 3. The van der Waals surface area contributed by atoms with E-state index >= 15 is 0 Å². The molecule has 1 amide bonds. The molecule has 10 heteroatoms. The van der Waals surface area contributed by atoms with E-state index in [1.54, 1.807) is 22.9 Å². The van der Waals surface area contributed by atoms with Gasteiger partial charge in [-0.2, -0.15) is 0 Å². The number of benzene rings is 1. The highest BCUT2D eigenvalue weighted by molar-refractivity contribution is 7.99. The van der Waals surface area contributed by atoms with Gasteiger partial charge in [0.05, 0.1) is 5.75 Å². The first-order chi connectivity index (χ1) is 13.3. The predicted octanol–water partition coefficient (Wildman–Crippen LogP) is 1.77. The second-order valence-electron chi connectivity index (χ2n) is 7.43. The zero-order chi connectivity index (χ0) is 19.9. The predicted molar refractivity (Wildman–Crippen MR) is 100 cm³/mol. The van der Waals surface area contributed by atoms with E-state index in [-0.39, 0.29) is 37.4 Å². The lowest BCUT2D eigenvalue weighted by Crippen LogP contribution is -2.50. The summed E-state index contributed by atoms with van der Waals surface area (Å²) < 4.78 is 18.0. The van der Waals surface area contributed by atoms with Gasteiger partial charge in [0, 0.05) is 11.5 Å². The fourth-order valence-corrected chi connectivity index (χ4v) is 3.50. The van der Waals surface area contributed by atoms with Crippen molar-refractivity contribution < 1.29 is 23.8 Å². The molecule has 0 aliphatic carbocycles. The van der Waals surface area contributed by atoms with Crippen molar-refractivity contribution in [2.45, 2.75) is 32.5 Å². The van der Waals surface area contributed by atoms with Crippen LogP contribution < -0.4 is 19.2 Å². The first kappa shape index (κ1) is 18.6. The van der Waals surface area contributed by atoms with Gasteiger partial charge in [0.25, 0.3) is 5.91 Å². The van der Waals surface area contributed by atoms with Crippen molar-refractivity contribution in [2.24, 2.45) is 5.41 Å². The van der Waals surface area contributed by atoms with Gasteiger partial charge in [0.15, 0.2) is 23.1 Å². The number of Topliss-reactive ketones (excluding diaryl/α,β-unsaturated/α-hetero) is 1. The van der Waals surface area contributed by atoms with Crippen molar-refractivity contribution in [3.05, 3.63) is 24.0 Å². The van der Waals surface area contributed by atoms with Gasteiger partial charge < -0.3 is 14.2 Å². The molecule has 0 unspecified atom stereocenters. The molecule has 0 spiro atoms. The molecule has 3 heterocycles. The van der Waals surface area contributed by atoms with Gasteiger partial charge in [-0.25, -0.2) is 9.69 Å². The molecule has 0 atom stereocenters. The summed E-state index contributed by atoms with van der Waals surface area (Å²) in [6.45, 7) is 5.72. The Kier molecular flexibility index (Phi) is 4.66. The van der Waals surface area contributed by atoms with Crippen LogP contribution in [0, 0.1) is 5.41 Å². The summed E-state index contributed by atoms with van der Waals surface area (Å²) in [6.07, 6.45) is 0. The Bertz CT molecular complexity index is 937. The molecule has 1 aromatic carbocycles. The van der Waals surface area contributed by atoms with Gasteiger partial charge in [-0.3, -0.25) is 9.59 Å². The molecule has 28 heavy (non-hydrogen) atoms. The molecular weight excluding hydrogens is 384 g/mol. The van der Waals surface area contributed by atoms with Crippen LogP contribution in [0.5, 0.6) is 17.2 Å². The number of carbonyl (C=O) groups excluding carboxylic acids is 2. The Morgan fingerprint density at radius 2 is 2.04 bits per heavy atom. The van der Waals surface area contributed by atoms with Crippen LogP contribution in [-0.2, 0) is 16.2 Å². The lowest BCUT2D eigenvalue weighted by atomic mass is 9.91. The topological polar surface area (TPSA) is 95.8 Å². The molecule has 0 fully saturated rings. The third-order valence-electron chi connectivity index (χ3n) is 4.37. The zero-order valence-corrected chi connectivity index (χ0v) is 16.6. The molecule has 9 nitrogen and oxygen atoms in total. The third kappa shape index (κ3) is 3.51. The lowest BCUT2D eigenvalue weighted by molar-refractivity contribution is -0.127. The Labute approximate surface area is 165 Å². The van der Waals surface area contributed by atoms with E-state index in [1.807, 2.05) is 20.8 Å². The van der Waals surface area contributed by atoms with Gasteiger partial charge in [0.1, 0.15) is 18.9 Å². The molecule has 2 aromatic rings. The molecule has 0 radical (unpaired) electrons. The Hall–Kier alpha value is -2.75. The Morgan fingerprint density at radius 3 is 2.82 bits per heavy atom. The molecule has 0 saturated heterocycles. The fourth-order valence-electron chi connectivity index (χ4n) is 2.68. The van der Waals surface area contributed by atoms with E-state index < -0.39 is 5.41 Å². The highest BCUT2D eigenvalue weighted by Gasteiger charge is 2.33. The molecule has 2 aliphatic heterocycles. The molecule has 0 saturated carbocycles. The SMILES string of the molecule is CC(C)(C)C(=O)CN1C(=O)CSc2nnc(COc3ccc4c(c3)OCO4)n21. The van der Waals surface area contributed by atoms with E-state index in [0.29, 0.717) is 28.2 Å². The summed E-state index contributed by atoms with van der Waals surface area (Å²) in [4.78, 5) is 25.0. The second-order valence-corrected chi connectivity index (χ2v) is 8.37. The highest BCUT2D eigenvalue weighted by Crippen LogP contribution is 2.35.